The van der Waals surface area contributed by atoms with E-state index in [4.69, 9.17) is 15.1 Å². The van der Waals surface area contributed by atoms with E-state index < -0.39 is 29.1 Å². The number of primary amides is 1. The molecule has 12 heteroatoms. The number of hydrogen-bond acceptors (Lipinski definition) is 9. The van der Waals surface area contributed by atoms with Crippen molar-refractivity contribution in [3.8, 4) is 22.8 Å². The van der Waals surface area contributed by atoms with Gasteiger partial charge in [0.05, 0.1) is 11.1 Å². The maximum Gasteiger partial charge on any atom is 0.273 e. The number of amides is 3. The molecule has 1 unspecified atom stereocenters. The lowest BCUT2D eigenvalue weighted by molar-refractivity contribution is -0.142. The predicted octanol–water partition coefficient (Wildman–Crippen LogP) is 0.861. The Morgan fingerprint density at radius 3 is 2.35 bits per heavy atom. The Morgan fingerprint density at radius 1 is 1.12 bits per heavy atom. The van der Waals surface area contributed by atoms with E-state index in [1.807, 2.05) is 13.8 Å². The second-order valence-electron chi connectivity index (χ2n) is 7.90. The Kier molecular flexibility index (Phi) is 6.82. The van der Waals surface area contributed by atoms with Crippen LogP contribution in [0.2, 0.25) is 0 Å². The molecule has 0 saturated heterocycles. The lowest BCUT2D eigenvalue weighted by Crippen LogP contribution is -2.43. The van der Waals surface area contributed by atoms with Crippen LogP contribution in [0.4, 0.5) is 0 Å². The average molecular weight is 473 g/mol. The van der Waals surface area contributed by atoms with Crippen molar-refractivity contribution in [2.75, 3.05) is 13.1 Å². The van der Waals surface area contributed by atoms with Gasteiger partial charge in [-0.15, -0.1) is 0 Å². The lowest BCUT2D eigenvalue weighted by atomic mass is 9.87. The molecule has 182 valence electrons. The summed E-state index contributed by atoms with van der Waals surface area (Å²) in [6.07, 6.45) is 1.12. The topological polar surface area (TPSA) is 189 Å². The number of nitrogens with zero attached hydrogens (tertiary/aromatic N) is 1. The second kappa shape index (κ2) is 9.43. The third-order valence-corrected chi connectivity index (χ3v) is 5.25. The van der Waals surface area contributed by atoms with Crippen molar-refractivity contribution in [3.63, 3.8) is 0 Å². The summed E-state index contributed by atoms with van der Waals surface area (Å²) in [4.78, 5) is 43.4. The van der Waals surface area contributed by atoms with Crippen LogP contribution >= 0.6 is 0 Å². The number of nitrogens with two attached hydrogens (primary N) is 1. The number of nitrogens with one attached hydrogen (secondary N) is 3. The van der Waals surface area contributed by atoms with Gasteiger partial charge in [-0.1, -0.05) is 19.0 Å². The minimum absolute atomic E-state index is 0.0311. The smallest absolute Gasteiger partial charge is 0.273 e. The van der Waals surface area contributed by atoms with Crippen LogP contribution in [0.15, 0.2) is 28.4 Å². The summed E-state index contributed by atoms with van der Waals surface area (Å²) >= 11 is 0. The molecule has 1 atom stereocenters. The van der Waals surface area contributed by atoms with Crippen LogP contribution in [0.25, 0.3) is 11.3 Å². The molecule has 0 spiro atoms. The largest absolute Gasteiger partial charge is 0.508 e. The van der Waals surface area contributed by atoms with Crippen molar-refractivity contribution in [2.45, 2.75) is 39.2 Å². The van der Waals surface area contributed by atoms with Gasteiger partial charge in [0.2, 0.25) is 5.60 Å². The first-order chi connectivity index (χ1) is 16.1. The van der Waals surface area contributed by atoms with Crippen molar-refractivity contribution in [1.29, 1.82) is 0 Å². The fraction of sp³-hybridized carbons (Fsp3) is 0.364. The third kappa shape index (κ3) is 4.15. The molecule has 0 fully saturated rings. The van der Waals surface area contributed by atoms with Gasteiger partial charge in [-0.3, -0.25) is 19.9 Å². The normalized spacial score (nSPS) is 17.3. The van der Waals surface area contributed by atoms with Crippen LogP contribution in [0.5, 0.6) is 11.5 Å². The van der Waals surface area contributed by atoms with Gasteiger partial charge in [0.15, 0.2) is 11.5 Å². The van der Waals surface area contributed by atoms with E-state index in [1.54, 1.807) is 13.8 Å². The molecule has 0 radical (unpaired) electrons. The van der Waals surface area contributed by atoms with Gasteiger partial charge in [0.25, 0.3) is 17.7 Å². The van der Waals surface area contributed by atoms with Gasteiger partial charge in [-0.25, -0.2) is 4.84 Å². The van der Waals surface area contributed by atoms with Crippen molar-refractivity contribution in [2.24, 2.45) is 5.73 Å². The van der Waals surface area contributed by atoms with Crippen LogP contribution in [-0.2, 0) is 20.0 Å². The Balaban J connectivity index is 2.33. The number of carbonyl (C=O) groups excluding carboxylic acids is 3. The molecule has 1 aromatic heterocycles. The van der Waals surface area contributed by atoms with E-state index >= 15 is 0 Å². The van der Waals surface area contributed by atoms with E-state index in [0.717, 1.165) is 12.1 Å². The third-order valence-electron chi connectivity index (χ3n) is 5.25. The van der Waals surface area contributed by atoms with E-state index in [1.165, 1.54) is 6.07 Å². The SMILES string of the molecule is CCNC(=O)C1=CC(C(N)=O)(c2c(C(=O)NCC)noc2-c2cc(C(C)C)c(O)cc2O)ON1. The number of carbonyl (C=O) groups is 3. The summed E-state index contributed by atoms with van der Waals surface area (Å²) in [5, 5.41) is 29.8. The molecular formula is C22H27N5O7. The van der Waals surface area contributed by atoms with Gasteiger partial charge in [-0.05, 0) is 37.5 Å². The van der Waals surface area contributed by atoms with Gasteiger partial charge < -0.3 is 31.1 Å². The Morgan fingerprint density at radius 2 is 1.76 bits per heavy atom. The summed E-state index contributed by atoms with van der Waals surface area (Å²) in [6.45, 7) is 7.60. The zero-order chi connectivity index (χ0) is 25.2. The Labute approximate surface area is 195 Å². The molecule has 7 N–H and O–H groups in total. The summed E-state index contributed by atoms with van der Waals surface area (Å²) in [5.74, 6) is -3.24. The highest BCUT2D eigenvalue weighted by Gasteiger charge is 2.51. The summed E-state index contributed by atoms with van der Waals surface area (Å²) in [6, 6.07) is 2.57. The van der Waals surface area contributed by atoms with Crippen LogP contribution < -0.4 is 21.8 Å². The molecule has 3 amide bonds. The fourth-order valence-electron chi connectivity index (χ4n) is 3.59. The molecule has 2 aromatic rings. The summed E-state index contributed by atoms with van der Waals surface area (Å²) < 4.78 is 5.44. The highest BCUT2D eigenvalue weighted by molar-refractivity contribution is 6.02. The predicted molar refractivity (Wildman–Crippen MR) is 119 cm³/mol. The van der Waals surface area contributed by atoms with Crippen molar-refractivity contribution in [3.05, 3.63) is 40.7 Å². The van der Waals surface area contributed by atoms with Crippen LogP contribution in [0.3, 0.4) is 0 Å². The number of hydrogen-bond donors (Lipinski definition) is 6. The molecule has 0 saturated carbocycles. The molecular weight excluding hydrogens is 446 g/mol. The number of phenolic OH excluding ortho intramolecular Hbond substituents is 2. The molecule has 34 heavy (non-hydrogen) atoms. The molecule has 1 aliphatic heterocycles. The van der Waals surface area contributed by atoms with Crippen LogP contribution in [0.1, 0.15) is 55.2 Å². The van der Waals surface area contributed by atoms with E-state index in [0.29, 0.717) is 12.1 Å². The van der Waals surface area contributed by atoms with Crippen molar-refractivity contribution < 1.29 is 34.0 Å². The standard InChI is InChI=1S/C22H27N5O7/c1-5-24-19(30)13-9-22(21(23)32,34-26-13)16-17(20(31)25-6-2)27-33-18(16)12-7-11(10(3)4)14(28)8-15(12)29/h7-10,26,28-29H,5-6H2,1-4H3,(H2,23,32)(H,24,30)(H,25,31). The number of hydroxylamine groups is 1. The average Bonchev–Trinajstić information content (AvgIpc) is 3.39. The highest BCUT2D eigenvalue weighted by atomic mass is 16.7. The minimum Gasteiger partial charge on any atom is -0.508 e. The lowest BCUT2D eigenvalue weighted by Gasteiger charge is -2.22. The van der Waals surface area contributed by atoms with E-state index in [2.05, 4.69) is 21.3 Å². The first-order valence-electron chi connectivity index (χ1n) is 10.7. The van der Waals surface area contributed by atoms with Gasteiger partial charge in [0, 0.05) is 19.2 Å². The molecule has 1 aromatic carbocycles. The van der Waals surface area contributed by atoms with Gasteiger partial charge in [-0.2, -0.15) is 0 Å². The summed E-state index contributed by atoms with van der Waals surface area (Å²) in [5.41, 5.74) is 5.74. The molecule has 2 heterocycles. The second-order valence-corrected chi connectivity index (χ2v) is 7.90. The molecule has 1 aliphatic rings. The molecule has 3 rings (SSSR count). The van der Waals surface area contributed by atoms with Gasteiger partial charge in [0.1, 0.15) is 17.2 Å². The van der Waals surface area contributed by atoms with Crippen LogP contribution in [0, 0.1) is 0 Å². The summed E-state index contributed by atoms with van der Waals surface area (Å²) in [7, 11) is 0. The number of rotatable bonds is 8. The molecule has 12 nitrogen and oxygen atoms in total. The van der Waals surface area contributed by atoms with Crippen LogP contribution in [-0.4, -0.2) is 46.2 Å². The number of phenols is 2. The quantitative estimate of drug-likeness (QED) is 0.323. The maximum absolute atomic E-state index is 12.8. The van der Waals surface area contributed by atoms with E-state index in [9.17, 15) is 24.6 Å². The van der Waals surface area contributed by atoms with Gasteiger partial charge >= 0.3 is 0 Å². The van der Waals surface area contributed by atoms with Crippen molar-refractivity contribution in [1.82, 2.24) is 21.3 Å². The Bertz CT molecular complexity index is 1170. The molecule has 0 bridgehead atoms. The Hall–Kier alpha value is -4.06. The van der Waals surface area contributed by atoms with Crippen molar-refractivity contribution >= 4 is 17.7 Å². The number of aromatic nitrogens is 1. The zero-order valence-corrected chi connectivity index (χ0v) is 19.2. The number of benzene rings is 1. The monoisotopic (exact) mass is 473 g/mol. The number of aromatic hydroxyl groups is 2. The maximum atomic E-state index is 12.8. The minimum atomic E-state index is -2.18. The zero-order valence-electron chi connectivity index (χ0n) is 19.2. The first kappa shape index (κ1) is 24.6. The number of likely N-dealkylation sites (N-methyl/N-ethyl adjacent to an activating group) is 1. The fourth-order valence-corrected chi connectivity index (χ4v) is 3.59. The van der Waals surface area contributed by atoms with E-state index in [-0.39, 0.29) is 46.5 Å². The highest BCUT2D eigenvalue weighted by Crippen LogP contribution is 2.45. The first-order valence-corrected chi connectivity index (χ1v) is 10.7. The molecule has 0 aliphatic carbocycles.